The first kappa shape index (κ1) is 26.2. The molecular formula is C26H38N8O. The second-order valence-electron chi connectivity index (χ2n) is 10.5. The summed E-state index contributed by atoms with van der Waals surface area (Å²) in [5.74, 6) is 1.49. The number of benzene rings is 1. The number of carbonyl (C=O) groups is 1. The van der Waals surface area contributed by atoms with Crippen molar-refractivity contribution in [2.75, 3.05) is 69.0 Å². The zero-order chi connectivity index (χ0) is 25.8. The zero-order valence-electron chi connectivity index (χ0n) is 22.1. The maximum Gasteiger partial charge on any atom is 0.251 e. The van der Waals surface area contributed by atoms with Gasteiger partial charge in [0.1, 0.15) is 11.6 Å². The third kappa shape index (κ3) is 6.61. The Bertz CT molecular complexity index is 1100. The normalized spacial score (nSPS) is 14.7. The Balaban J connectivity index is 2.11. The summed E-state index contributed by atoms with van der Waals surface area (Å²) in [6.45, 7) is 12.8. The van der Waals surface area contributed by atoms with Crippen molar-refractivity contribution in [2.24, 2.45) is 5.41 Å². The van der Waals surface area contributed by atoms with Crippen LogP contribution in [0.2, 0.25) is 0 Å². The maximum atomic E-state index is 12.2. The van der Waals surface area contributed by atoms with E-state index in [2.05, 4.69) is 54.3 Å². The summed E-state index contributed by atoms with van der Waals surface area (Å²) in [7, 11) is 5.70. The van der Waals surface area contributed by atoms with Crippen molar-refractivity contribution < 1.29 is 4.79 Å². The standard InChI is InChI=1S/C26H38N8O/c1-18-9-10-19(24(35)28-5)15-21(18)29-22-20(16-27)23(33(7)17-26(2,3)4)31-25(30-22)34-12-8-11-32(6)13-14-34/h9-10,15H,8,11-14,17H2,1-7H3,(H,28,35)(H,29,30,31). The molecule has 1 aromatic heterocycles. The van der Waals surface area contributed by atoms with E-state index in [0.717, 1.165) is 50.4 Å². The SMILES string of the molecule is CNC(=O)c1ccc(C)c(Nc2nc(N3CCCN(C)CC3)nc(N(C)CC(C)(C)C)c2C#N)c1. The average molecular weight is 479 g/mol. The predicted molar refractivity (Wildman–Crippen MR) is 142 cm³/mol. The molecule has 0 radical (unpaired) electrons. The summed E-state index contributed by atoms with van der Waals surface area (Å²) in [4.78, 5) is 28.5. The molecule has 0 bridgehead atoms. The molecule has 3 rings (SSSR count). The van der Waals surface area contributed by atoms with E-state index in [1.807, 2.05) is 24.9 Å². The molecule has 1 aliphatic heterocycles. The summed E-state index contributed by atoms with van der Waals surface area (Å²) >= 11 is 0. The Kier molecular flexibility index (Phi) is 8.18. The highest BCUT2D eigenvalue weighted by atomic mass is 16.1. The van der Waals surface area contributed by atoms with E-state index in [1.54, 1.807) is 19.2 Å². The first-order valence-corrected chi connectivity index (χ1v) is 12.1. The van der Waals surface area contributed by atoms with E-state index in [0.29, 0.717) is 28.7 Å². The lowest BCUT2D eigenvalue weighted by Crippen LogP contribution is -2.33. The molecule has 0 spiro atoms. The van der Waals surface area contributed by atoms with Gasteiger partial charge in [-0.1, -0.05) is 26.8 Å². The molecule has 0 saturated carbocycles. The number of likely N-dealkylation sites (N-methyl/N-ethyl adjacent to an activating group) is 1. The lowest BCUT2D eigenvalue weighted by atomic mass is 9.96. The highest BCUT2D eigenvalue weighted by Crippen LogP contribution is 2.31. The molecule has 1 fully saturated rings. The number of carbonyl (C=O) groups excluding carboxylic acids is 1. The summed E-state index contributed by atoms with van der Waals surface area (Å²) < 4.78 is 0. The number of nitriles is 1. The highest BCUT2D eigenvalue weighted by molar-refractivity contribution is 5.95. The van der Waals surface area contributed by atoms with Crippen LogP contribution in [0, 0.1) is 23.7 Å². The topological polar surface area (TPSA) is 100 Å². The molecule has 35 heavy (non-hydrogen) atoms. The zero-order valence-corrected chi connectivity index (χ0v) is 22.1. The summed E-state index contributed by atoms with van der Waals surface area (Å²) in [5.41, 5.74) is 2.62. The number of hydrogen-bond donors (Lipinski definition) is 2. The van der Waals surface area contributed by atoms with Crippen molar-refractivity contribution in [1.29, 1.82) is 5.26 Å². The quantitative estimate of drug-likeness (QED) is 0.652. The van der Waals surface area contributed by atoms with E-state index < -0.39 is 0 Å². The first-order chi connectivity index (χ1) is 16.5. The minimum Gasteiger partial charge on any atom is -0.358 e. The van der Waals surface area contributed by atoms with Crippen LogP contribution in [0.15, 0.2) is 18.2 Å². The smallest absolute Gasteiger partial charge is 0.251 e. The molecule has 2 N–H and O–H groups in total. The summed E-state index contributed by atoms with van der Waals surface area (Å²) in [5, 5.41) is 16.2. The van der Waals surface area contributed by atoms with Gasteiger partial charge in [0.25, 0.3) is 5.91 Å². The molecule has 2 aromatic rings. The van der Waals surface area contributed by atoms with Gasteiger partial charge in [-0.25, -0.2) is 0 Å². The molecule has 188 valence electrons. The van der Waals surface area contributed by atoms with Gasteiger partial charge in [0.15, 0.2) is 11.6 Å². The fourth-order valence-electron chi connectivity index (χ4n) is 4.25. The van der Waals surface area contributed by atoms with Crippen LogP contribution in [0.1, 0.15) is 48.7 Å². The van der Waals surface area contributed by atoms with E-state index in [1.165, 1.54) is 0 Å². The van der Waals surface area contributed by atoms with Crippen molar-refractivity contribution in [2.45, 2.75) is 34.1 Å². The molecule has 0 unspecified atom stereocenters. The maximum absolute atomic E-state index is 12.2. The Morgan fingerprint density at radius 1 is 1.20 bits per heavy atom. The van der Waals surface area contributed by atoms with Crippen LogP contribution in [-0.2, 0) is 0 Å². The van der Waals surface area contributed by atoms with Crippen LogP contribution in [0.5, 0.6) is 0 Å². The van der Waals surface area contributed by atoms with Crippen LogP contribution in [0.25, 0.3) is 0 Å². The fourth-order valence-corrected chi connectivity index (χ4v) is 4.25. The van der Waals surface area contributed by atoms with Gasteiger partial charge in [0.2, 0.25) is 5.95 Å². The van der Waals surface area contributed by atoms with E-state index in [-0.39, 0.29) is 11.3 Å². The van der Waals surface area contributed by atoms with E-state index in [9.17, 15) is 10.1 Å². The summed E-state index contributed by atoms with van der Waals surface area (Å²) in [6.07, 6.45) is 1.02. The largest absolute Gasteiger partial charge is 0.358 e. The molecule has 1 aromatic carbocycles. The number of aryl methyl sites for hydroxylation is 1. The molecule has 1 amide bonds. The van der Waals surface area contributed by atoms with Gasteiger partial charge >= 0.3 is 0 Å². The number of hydrogen-bond acceptors (Lipinski definition) is 8. The number of nitrogens with zero attached hydrogens (tertiary/aromatic N) is 6. The van der Waals surface area contributed by atoms with Crippen LogP contribution in [0.4, 0.5) is 23.3 Å². The van der Waals surface area contributed by atoms with Crippen LogP contribution < -0.4 is 20.4 Å². The van der Waals surface area contributed by atoms with Crippen molar-refractivity contribution in [3.05, 3.63) is 34.9 Å². The highest BCUT2D eigenvalue weighted by Gasteiger charge is 2.24. The van der Waals surface area contributed by atoms with Crippen LogP contribution in [0.3, 0.4) is 0 Å². The second kappa shape index (κ2) is 10.9. The first-order valence-electron chi connectivity index (χ1n) is 12.1. The van der Waals surface area contributed by atoms with Crippen LogP contribution in [-0.4, -0.2) is 74.6 Å². The third-order valence-corrected chi connectivity index (χ3v) is 6.05. The molecule has 1 saturated heterocycles. The summed E-state index contributed by atoms with van der Waals surface area (Å²) in [6, 6.07) is 7.79. The lowest BCUT2D eigenvalue weighted by molar-refractivity contribution is 0.0963. The fraction of sp³-hybridized carbons (Fsp3) is 0.538. The number of amides is 1. The molecule has 2 heterocycles. The lowest BCUT2D eigenvalue weighted by Gasteiger charge is -2.30. The predicted octanol–water partition coefficient (Wildman–Crippen LogP) is 3.38. The van der Waals surface area contributed by atoms with Crippen molar-refractivity contribution >= 4 is 29.2 Å². The number of rotatable bonds is 6. The van der Waals surface area contributed by atoms with Gasteiger partial charge in [0.05, 0.1) is 0 Å². The number of anilines is 4. The van der Waals surface area contributed by atoms with Crippen molar-refractivity contribution in [3.63, 3.8) is 0 Å². The Hall–Kier alpha value is -3.38. The van der Waals surface area contributed by atoms with Crippen LogP contribution >= 0.6 is 0 Å². The molecule has 0 aliphatic carbocycles. The third-order valence-electron chi connectivity index (χ3n) is 6.05. The van der Waals surface area contributed by atoms with Gasteiger partial charge in [-0.2, -0.15) is 15.2 Å². The van der Waals surface area contributed by atoms with Gasteiger partial charge in [-0.15, -0.1) is 0 Å². The number of nitrogens with one attached hydrogen (secondary N) is 2. The van der Waals surface area contributed by atoms with Gasteiger partial charge in [-0.05, 0) is 50.0 Å². The molecule has 9 nitrogen and oxygen atoms in total. The molecule has 0 atom stereocenters. The van der Waals surface area contributed by atoms with Crippen molar-refractivity contribution in [1.82, 2.24) is 20.2 Å². The molecule has 1 aliphatic rings. The Labute approximate surface area is 209 Å². The monoisotopic (exact) mass is 478 g/mol. The molecular weight excluding hydrogens is 440 g/mol. The van der Waals surface area contributed by atoms with Gasteiger partial charge < -0.3 is 25.3 Å². The van der Waals surface area contributed by atoms with E-state index >= 15 is 0 Å². The Morgan fingerprint density at radius 3 is 2.60 bits per heavy atom. The van der Waals surface area contributed by atoms with E-state index in [4.69, 9.17) is 9.97 Å². The van der Waals surface area contributed by atoms with Gasteiger partial charge in [-0.3, -0.25) is 4.79 Å². The minimum atomic E-state index is -0.170. The molecule has 9 heteroatoms. The second-order valence-corrected chi connectivity index (χ2v) is 10.5. The minimum absolute atomic E-state index is 0.0178. The number of aromatic nitrogens is 2. The average Bonchev–Trinajstić information content (AvgIpc) is 3.02. The van der Waals surface area contributed by atoms with Crippen molar-refractivity contribution in [3.8, 4) is 6.07 Å². The van der Waals surface area contributed by atoms with Gasteiger partial charge in [0, 0.05) is 51.5 Å². The Morgan fingerprint density at radius 2 is 1.94 bits per heavy atom.